The van der Waals surface area contributed by atoms with E-state index in [1.165, 1.54) is 47.0 Å². The molecule has 1 N–H and O–H groups in total. The molecule has 1 aromatic carbocycles. The van der Waals surface area contributed by atoms with Gasteiger partial charge in [0.15, 0.2) is 0 Å². The molecule has 1 fully saturated rings. The summed E-state index contributed by atoms with van der Waals surface area (Å²) in [5, 5.41) is 3.71. The molecule has 0 amide bonds. The molecule has 1 saturated carbocycles. The quantitative estimate of drug-likeness (QED) is 0.813. The van der Waals surface area contributed by atoms with Crippen LogP contribution in [0.3, 0.4) is 0 Å². The van der Waals surface area contributed by atoms with Gasteiger partial charge in [-0.1, -0.05) is 6.07 Å². The first kappa shape index (κ1) is 9.71. The third kappa shape index (κ3) is 1.80. The monoisotopic (exact) mass is 265 g/mol. The van der Waals surface area contributed by atoms with Crippen LogP contribution >= 0.6 is 15.9 Å². The van der Waals surface area contributed by atoms with E-state index >= 15 is 0 Å². The number of nitrogens with one attached hydrogen (secondary N) is 1. The molecule has 1 unspecified atom stereocenters. The Hall–Kier alpha value is -0.500. The Morgan fingerprint density at radius 2 is 2.07 bits per heavy atom. The summed E-state index contributed by atoms with van der Waals surface area (Å²) in [4.78, 5) is 0. The second-order valence-electron chi connectivity index (χ2n) is 4.91. The van der Waals surface area contributed by atoms with Gasteiger partial charge in [0.25, 0.3) is 0 Å². The number of benzene rings is 1. The fourth-order valence-electron chi connectivity index (χ4n) is 2.59. The number of hydrogen-bond acceptors (Lipinski definition) is 1. The van der Waals surface area contributed by atoms with Crippen LogP contribution in [0, 0.1) is 12.8 Å². The molecule has 0 spiro atoms. The first-order valence-electron chi connectivity index (χ1n) is 5.79. The van der Waals surface area contributed by atoms with Crippen molar-refractivity contribution in [1.82, 2.24) is 0 Å². The highest BCUT2D eigenvalue weighted by molar-refractivity contribution is 9.10. The second kappa shape index (κ2) is 3.51. The summed E-state index contributed by atoms with van der Waals surface area (Å²) >= 11 is 3.67. The van der Waals surface area contributed by atoms with Gasteiger partial charge in [-0.2, -0.15) is 0 Å². The zero-order chi connectivity index (χ0) is 10.4. The summed E-state index contributed by atoms with van der Waals surface area (Å²) in [5.41, 5.74) is 4.19. The molecule has 0 aromatic heterocycles. The Balaban J connectivity index is 1.93. The summed E-state index contributed by atoms with van der Waals surface area (Å²) in [7, 11) is 0. The maximum atomic E-state index is 3.71. The SMILES string of the molecule is Cc1cc(Br)c2c(c1)CCC(C1CC1)N2. The number of fused-ring (bicyclic) bond motifs is 1. The predicted molar refractivity (Wildman–Crippen MR) is 67.3 cm³/mol. The molecule has 1 heterocycles. The maximum Gasteiger partial charge on any atom is 0.0519 e. The van der Waals surface area contributed by atoms with Gasteiger partial charge in [0, 0.05) is 10.5 Å². The van der Waals surface area contributed by atoms with Gasteiger partial charge in [-0.05, 0) is 71.6 Å². The van der Waals surface area contributed by atoms with E-state index < -0.39 is 0 Å². The highest BCUT2D eigenvalue weighted by atomic mass is 79.9. The molecule has 1 atom stereocenters. The minimum atomic E-state index is 0.733. The van der Waals surface area contributed by atoms with E-state index in [2.05, 4.69) is 40.3 Å². The van der Waals surface area contributed by atoms with Crippen molar-refractivity contribution in [3.8, 4) is 0 Å². The third-order valence-corrected chi connectivity index (χ3v) is 4.19. The molecule has 0 radical (unpaired) electrons. The van der Waals surface area contributed by atoms with Crippen LogP contribution in [0.2, 0.25) is 0 Å². The van der Waals surface area contributed by atoms with E-state index in [-0.39, 0.29) is 0 Å². The lowest BCUT2D eigenvalue weighted by atomic mass is 9.94. The van der Waals surface area contributed by atoms with Crippen molar-refractivity contribution in [3.05, 3.63) is 27.7 Å². The Kier molecular flexibility index (Phi) is 2.27. The summed E-state index contributed by atoms with van der Waals surface area (Å²) in [6.07, 6.45) is 5.41. The first-order chi connectivity index (χ1) is 7.24. The Morgan fingerprint density at radius 1 is 1.27 bits per heavy atom. The minimum absolute atomic E-state index is 0.733. The van der Waals surface area contributed by atoms with Crippen LogP contribution in [-0.2, 0) is 6.42 Å². The van der Waals surface area contributed by atoms with E-state index in [0.717, 1.165) is 12.0 Å². The van der Waals surface area contributed by atoms with Crippen molar-refractivity contribution in [2.24, 2.45) is 5.92 Å². The Bertz CT molecular complexity index is 396. The van der Waals surface area contributed by atoms with Gasteiger partial charge in [0.2, 0.25) is 0 Å². The molecule has 80 valence electrons. The molecule has 15 heavy (non-hydrogen) atoms. The predicted octanol–water partition coefficient (Wildman–Crippen LogP) is 3.89. The molecule has 2 aliphatic rings. The van der Waals surface area contributed by atoms with Crippen LogP contribution in [0.5, 0.6) is 0 Å². The lowest BCUT2D eigenvalue weighted by molar-refractivity contribution is 0.569. The first-order valence-corrected chi connectivity index (χ1v) is 6.59. The standard InChI is InChI=1S/C13H16BrN/c1-8-6-10-4-5-12(9-2-3-9)15-13(10)11(14)7-8/h6-7,9,12,15H,2-5H2,1H3. The van der Waals surface area contributed by atoms with Crippen molar-refractivity contribution < 1.29 is 0 Å². The molecule has 1 aliphatic carbocycles. The average Bonchev–Trinajstić information content (AvgIpc) is 3.00. The molecule has 1 nitrogen and oxygen atoms in total. The van der Waals surface area contributed by atoms with Gasteiger partial charge >= 0.3 is 0 Å². The number of anilines is 1. The van der Waals surface area contributed by atoms with Crippen LogP contribution in [0.15, 0.2) is 16.6 Å². The van der Waals surface area contributed by atoms with E-state index in [1.54, 1.807) is 0 Å². The van der Waals surface area contributed by atoms with Gasteiger partial charge in [-0.15, -0.1) is 0 Å². The van der Waals surface area contributed by atoms with Crippen LogP contribution in [0.1, 0.15) is 30.4 Å². The summed E-state index contributed by atoms with van der Waals surface area (Å²) < 4.78 is 1.24. The molecule has 0 saturated heterocycles. The summed E-state index contributed by atoms with van der Waals surface area (Å²) in [6, 6.07) is 5.26. The summed E-state index contributed by atoms with van der Waals surface area (Å²) in [6.45, 7) is 2.16. The third-order valence-electron chi connectivity index (χ3n) is 3.56. The van der Waals surface area contributed by atoms with Gasteiger partial charge in [0.05, 0.1) is 5.69 Å². The van der Waals surface area contributed by atoms with Crippen molar-refractivity contribution in [1.29, 1.82) is 0 Å². The molecule has 3 rings (SSSR count). The van der Waals surface area contributed by atoms with Crippen LogP contribution in [0.4, 0.5) is 5.69 Å². The van der Waals surface area contributed by atoms with Gasteiger partial charge in [0.1, 0.15) is 0 Å². The zero-order valence-corrected chi connectivity index (χ0v) is 10.6. The smallest absolute Gasteiger partial charge is 0.0519 e. The lowest BCUT2D eigenvalue weighted by Gasteiger charge is -2.28. The molecule has 1 aromatic rings. The molecular weight excluding hydrogens is 250 g/mol. The zero-order valence-electron chi connectivity index (χ0n) is 9.02. The van der Waals surface area contributed by atoms with Crippen LogP contribution in [0.25, 0.3) is 0 Å². The van der Waals surface area contributed by atoms with Crippen molar-refractivity contribution >= 4 is 21.6 Å². The number of halogens is 1. The highest BCUT2D eigenvalue weighted by Gasteiger charge is 2.33. The molecule has 1 aliphatic heterocycles. The minimum Gasteiger partial charge on any atom is -0.381 e. The van der Waals surface area contributed by atoms with E-state index in [0.29, 0.717) is 0 Å². The van der Waals surface area contributed by atoms with Gasteiger partial charge in [-0.3, -0.25) is 0 Å². The van der Waals surface area contributed by atoms with Crippen LogP contribution in [-0.4, -0.2) is 6.04 Å². The number of aryl methyl sites for hydroxylation is 2. The Labute approximate surface area is 99.4 Å². The van der Waals surface area contributed by atoms with Crippen LogP contribution < -0.4 is 5.32 Å². The van der Waals surface area contributed by atoms with Crippen molar-refractivity contribution in [2.45, 2.75) is 38.6 Å². The van der Waals surface area contributed by atoms with E-state index in [4.69, 9.17) is 0 Å². The normalized spacial score (nSPS) is 24.5. The Morgan fingerprint density at radius 3 is 2.80 bits per heavy atom. The highest BCUT2D eigenvalue weighted by Crippen LogP contribution is 2.41. The van der Waals surface area contributed by atoms with Crippen molar-refractivity contribution in [3.63, 3.8) is 0 Å². The molecular formula is C13H16BrN. The van der Waals surface area contributed by atoms with Gasteiger partial charge in [-0.25, -0.2) is 0 Å². The lowest BCUT2D eigenvalue weighted by Crippen LogP contribution is -2.27. The molecule has 0 bridgehead atoms. The van der Waals surface area contributed by atoms with Crippen molar-refractivity contribution in [2.75, 3.05) is 5.32 Å². The van der Waals surface area contributed by atoms with Gasteiger partial charge < -0.3 is 5.32 Å². The van der Waals surface area contributed by atoms with E-state index in [1.807, 2.05) is 0 Å². The maximum absolute atomic E-state index is 3.71. The summed E-state index contributed by atoms with van der Waals surface area (Å²) in [5.74, 6) is 0.950. The molecule has 2 heteroatoms. The fourth-order valence-corrected chi connectivity index (χ4v) is 3.32. The largest absolute Gasteiger partial charge is 0.381 e. The fraction of sp³-hybridized carbons (Fsp3) is 0.538. The topological polar surface area (TPSA) is 12.0 Å². The number of rotatable bonds is 1. The average molecular weight is 266 g/mol. The second-order valence-corrected chi connectivity index (χ2v) is 5.76. The van der Waals surface area contributed by atoms with E-state index in [9.17, 15) is 0 Å². The number of hydrogen-bond donors (Lipinski definition) is 1.